The summed E-state index contributed by atoms with van der Waals surface area (Å²) in [6, 6.07) is 25.0. The number of hydrogen-bond acceptors (Lipinski definition) is 7. The highest BCUT2D eigenvalue weighted by Gasteiger charge is 2.40. The number of methoxy groups -OCH3 is 2. The fourth-order valence-electron chi connectivity index (χ4n) is 4.79. The molecule has 0 aromatic heterocycles. The van der Waals surface area contributed by atoms with Crippen molar-refractivity contribution in [2.24, 2.45) is 0 Å². The van der Waals surface area contributed by atoms with Gasteiger partial charge in [-0.05, 0) is 106 Å². The molecule has 1 heterocycles. The summed E-state index contributed by atoms with van der Waals surface area (Å²) in [5, 5.41) is 2.44. The molecule has 5 rings (SSSR count). The molecule has 0 spiro atoms. The Hall–Kier alpha value is -4.16. The molecule has 1 aliphatic rings. The standard InChI is InChI=1S/C33H29IN2O6S/c1-4-41-29-18-21(16-27(34)31(29)42-20-23-10-7-9-22-8-5-6-11-26(22)23)17-28-32(38)36(24-12-14-25(39-2)15-13-24)33(43)35(28)19-30(37)40-3/h5-18H,4,19-20H2,1-3H3/b28-17-. The van der Waals surface area contributed by atoms with Crippen LogP contribution in [0.2, 0.25) is 0 Å². The molecule has 0 radical (unpaired) electrons. The molecule has 0 bridgehead atoms. The summed E-state index contributed by atoms with van der Waals surface area (Å²) in [5.74, 6) is 0.894. The summed E-state index contributed by atoms with van der Waals surface area (Å²) >= 11 is 7.88. The van der Waals surface area contributed by atoms with E-state index in [1.165, 1.54) is 16.9 Å². The van der Waals surface area contributed by atoms with E-state index in [2.05, 4.69) is 40.8 Å². The first kappa shape index (κ1) is 30.3. The third-order valence-corrected chi connectivity index (χ3v) is 8.07. The van der Waals surface area contributed by atoms with Gasteiger partial charge in [0.05, 0.1) is 30.1 Å². The number of hydrogen-bond donors (Lipinski definition) is 0. The van der Waals surface area contributed by atoms with Gasteiger partial charge in [0.15, 0.2) is 16.6 Å². The lowest BCUT2D eigenvalue weighted by atomic mass is 10.1. The van der Waals surface area contributed by atoms with Crippen LogP contribution in [0, 0.1) is 3.57 Å². The van der Waals surface area contributed by atoms with Crippen LogP contribution >= 0.6 is 34.8 Å². The first-order valence-corrected chi connectivity index (χ1v) is 15.0. The van der Waals surface area contributed by atoms with Crippen LogP contribution in [0.5, 0.6) is 17.2 Å². The number of nitrogens with zero attached hydrogens (tertiary/aromatic N) is 2. The van der Waals surface area contributed by atoms with Gasteiger partial charge in [0.1, 0.15) is 24.6 Å². The minimum absolute atomic E-state index is 0.168. The van der Waals surface area contributed by atoms with Gasteiger partial charge in [-0.1, -0.05) is 42.5 Å². The van der Waals surface area contributed by atoms with Crippen LogP contribution < -0.4 is 19.1 Å². The van der Waals surface area contributed by atoms with Gasteiger partial charge < -0.3 is 23.8 Å². The predicted octanol–water partition coefficient (Wildman–Crippen LogP) is 6.58. The van der Waals surface area contributed by atoms with Crippen LogP contribution in [0.4, 0.5) is 5.69 Å². The van der Waals surface area contributed by atoms with Gasteiger partial charge in [-0.15, -0.1) is 0 Å². The lowest BCUT2D eigenvalue weighted by Gasteiger charge is -2.19. The van der Waals surface area contributed by atoms with E-state index in [-0.39, 0.29) is 23.3 Å². The average Bonchev–Trinajstić information content (AvgIpc) is 3.24. The number of anilines is 1. The number of rotatable bonds is 10. The molecule has 1 aliphatic heterocycles. The Bertz CT molecular complexity index is 1720. The van der Waals surface area contributed by atoms with Crippen molar-refractivity contribution in [2.45, 2.75) is 13.5 Å². The number of ether oxygens (including phenoxy) is 4. The van der Waals surface area contributed by atoms with E-state index in [4.69, 9.17) is 31.2 Å². The quantitative estimate of drug-likeness (QED) is 0.0793. The highest BCUT2D eigenvalue weighted by Crippen LogP contribution is 2.37. The van der Waals surface area contributed by atoms with Crippen molar-refractivity contribution >= 4 is 74.3 Å². The Labute approximate surface area is 268 Å². The van der Waals surface area contributed by atoms with E-state index in [9.17, 15) is 9.59 Å². The average molecular weight is 709 g/mol. The zero-order valence-corrected chi connectivity index (χ0v) is 26.8. The monoisotopic (exact) mass is 708 g/mol. The van der Waals surface area contributed by atoms with Crippen LogP contribution in [0.1, 0.15) is 18.1 Å². The maximum absolute atomic E-state index is 13.8. The van der Waals surface area contributed by atoms with Crippen molar-refractivity contribution in [3.63, 3.8) is 0 Å². The molecule has 43 heavy (non-hydrogen) atoms. The van der Waals surface area contributed by atoms with Crippen LogP contribution in [-0.4, -0.2) is 49.3 Å². The molecule has 0 atom stereocenters. The van der Waals surface area contributed by atoms with E-state index in [0.717, 1.165) is 19.9 Å². The Morgan fingerprint density at radius 1 is 0.977 bits per heavy atom. The number of carbonyl (C=O) groups excluding carboxylic acids is 2. The maximum atomic E-state index is 13.8. The molecule has 8 nitrogen and oxygen atoms in total. The lowest BCUT2D eigenvalue weighted by Crippen LogP contribution is -2.35. The first-order valence-electron chi connectivity index (χ1n) is 13.5. The Morgan fingerprint density at radius 3 is 2.44 bits per heavy atom. The molecule has 1 amide bonds. The second-order valence-corrected chi connectivity index (χ2v) is 11.0. The highest BCUT2D eigenvalue weighted by molar-refractivity contribution is 14.1. The summed E-state index contributed by atoms with van der Waals surface area (Å²) in [4.78, 5) is 29.0. The summed E-state index contributed by atoms with van der Waals surface area (Å²) in [6.07, 6.45) is 1.69. The van der Waals surface area contributed by atoms with Crippen LogP contribution in [0.15, 0.2) is 84.6 Å². The van der Waals surface area contributed by atoms with Gasteiger partial charge >= 0.3 is 5.97 Å². The van der Waals surface area contributed by atoms with Gasteiger partial charge in [0.25, 0.3) is 5.91 Å². The van der Waals surface area contributed by atoms with Crippen LogP contribution in [-0.2, 0) is 20.9 Å². The van der Waals surface area contributed by atoms with Gasteiger partial charge in [0, 0.05) is 0 Å². The van der Waals surface area contributed by atoms with Crippen molar-refractivity contribution in [3.05, 3.63) is 99.3 Å². The number of amides is 1. The van der Waals surface area contributed by atoms with Gasteiger partial charge in [0.2, 0.25) is 0 Å². The lowest BCUT2D eigenvalue weighted by molar-refractivity contribution is -0.140. The van der Waals surface area contributed by atoms with Crippen molar-refractivity contribution in [1.29, 1.82) is 0 Å². The van der Waals surface area contributed by atoms with E-state index in [1.54, 1.807) is 37.5 Å². The number of halogens is 1. The minimum Gasteiger partial charge on any atom is -0.497 e. The largest absolute Gasteiger partial charge is 0.497 e. The van der Waals surface area contributed by atoms with E-state index in [1.807, 2.05) is 43.3 Å². The number of thiocarbonyl (C=S) groups is 1. The molecule has 1 saturated heterocycles. The van der Waals surface area contributed by atoms with E-state index in [0.29, 0.717) is 41.7 Å². The smallest absolute Gasteiger partial charge is 0.325 e. The molecule has 0 unspecified atom stereocenters. The SMILES string of the molecule is CCOc1cc(/C=C2/C(=O)N(c3ccc(OC)cc3)C(=S)N2CC(=O)OC)cc(I)c1OCc1cccc2ccccc12. The fraction of sp³-hybridized carbons (Fsp3) is 0.182. The molecule has 0 N–H and O–H groups in total. The maximum Gasteiger partial charge on any atom is 0.325 e. The fourth-order valence-corrected chi connectivity index (χ4v) is 5.92. The molecular formula is C33H29IN2O6S. The first-order chi connectivity index (χ1) is 20.8. The third-order valence-electron chi connectivity index (χ3n) is 6.87. The summed E-state index contributed by atoms with van der Waals surface area (Å²) < 4.78 is 23.3. The van der Waals surface area contributed by atoms with Gasteiger partial charge in [-0.2, -0.15) is 0 Å². The van der Waals surface area contributed by atoms with E-state index >= 15 is 0 Å². The molecule has 1 fully saturated rings. The Kier molecular flexibility index (Phi) is 9.46. The second-order valence-electron chi connectivity index (χ2n) is 9.50. The predicted molar refractivity (Wildman–Crippen MR) is 178 cm³/mol. The molecule has 4 aromatic rings. The number of carbonyl (C=O) groups is 2. The summed E-state index contributed by atoms with van der Waals surface area (Å²) in [5.41, 5.74) is 2.53. The molecule has 0 aliphatic carbocycles. The Morgan fingerprint density at radius 2 is 1.72 bits per heavy atom. The summed E-state index contributed by atoms with van der Waals surface area (Å²) in [7, 11) is 2.86. The molecule has 0 saturated carbocycles. The zero-order chi connectivity index (χ0) is 30.5. The zero-order valence-electron chi connectivity index (χ0n) is 23.8. The van der Waals surface area contributed by atoms with Gasteiger partial charge in [-0.25, -0.2) is 0 Å². The van der Waals surface area contributed by atoms with Crippen LogP contribution in [0.3, 0.4) is 0 Å². The molecule has 4 aromatic carbocycles. The number of esters is 1. The minimum atomic E-state index is -0.528. The van der Waals surface area contributed by atoms with Crippen molar-refractivity contribution in [3.8, 4) is 17.2 Å². The Balaban J connectivity index is 1.49. The van der Waals surface area contributed by atoms with Crippen molar-refractivity contribution in [1.82, 2.24) is 4.90 Å². The number of fused-ring (bicyclic) bond motifs is 1. The second kappa shape index (κ2) is 13.4. The van der Waals surface area contributed by atoms with E-state index < -0.39 is 5.97 Å². The third kappa shape index (κ3) is 6.45. The van der Waals surface area contributed by atoms with Crippen molar-refractivity contribution < 1.29 is 28.5 Å². The van der Waals surface area contributed by atoms with Gasteiger partial charge in [-0.3, -0.25) is 14.5 Å². The molecule has 10 heteroatoms. The number of benzene rings is 4. The van der Waals surface area contributed by atoms with Crippen LogP contribution in [0.25, 0.3) is 16.8 Å². The normalized spacial score (nSPS) is 14.0. The summed E-state index contributed by atoms with van der Waals surface area (Å²) in [6.45, 7) is 2.45. The molecular weight excluding hydrogens is 679 g/mol. The van der Waals surface area contributed by atoms with Crippen molar-refractivity contribution in [2.75, 3.05) is 32.3 Å². The topological polar surface area (TPSA) is 77.5 Å². The highest BCUT2D eigenvalue weighted by atomic mass is 127. The molecule has 220 valence electrons.